The topological polar surface area (TPSA) is 84.6 Å². The van der Waals surface area contributed by atoms with E-state index in [1.807, 2.05) is 24.3 Å². The van der Waals surface area contributed by atoms with Crippen molar-refractivity contribution in [2.45, 2.75) is 64.7 Å². The van der Waals surface area contributed by atoms with Crippen LogP contribution in [0.25, 0.3) is 0 Å². The van der Waals surface area contributed by atoms with Gasteiger partial charge in [-0.15, -0.1) is 0 Å². The molecule has 5 nitrogen and oxygen atoms in total. The van der Waals surface area contributed by atoms with E-state index in [0.717, 1.165) is 5.56 Å². The molecule has 0 bridgehead atoms. The zero-order valence-electron chi connectivity index (χ0n) is 14.8. The highest BCUT2D eigenvalue weighted by atomic mass is 16.6. The zero-order chi connectivity index (χ0) is 17.6. The summed E-state index contributed by atoms with van der Waals surface area (Å²) >= 11 is 0. The maximum absolute atomic E-state index is 11.9. The van der Waals surface area contributed by atoms with E-state index in [4.69, 9.17) is 10.5 Å². The van der Waals surface area contributed by atoms with Crippen LogP contribution in [0.3, 0.4) is 0 Å². The number of carbonyl (C=O) groups excluding carboxylic acids is 1. The van der Waals surface area contributed by atoms with E-state index >= 15 is 0 Å². The number of aliphatic hydroxyl groups is 1. The molecule has 2 unspecified atom stereocenters. The van der Waals surface area contributed by atoms with E-state index in [0.29, 0.717) is 18.9 Å². The minimum atomic E-state index is -0.827. The molecule has 5 heteroatoms. The average Bonchev–Trinajstić information content (AvgIpc) is 2.44. The summed E-state index contributed by atoms with van der Waals surface area (Å²) in [5.74, 6) is 0.431. The molecule has 0 aliphatic heterocycles. The van der Waals surface area contributed by atoms with Gasteiger partial charge in [-0.2, -0.15) is 0 Å². The highest BCUT2D eigenvalue weighted by Gasteiger charge is 2.25. The fraction of sp³-hybridized carbons (Fsp3) is 0.611. The molecule has 1 aromatic carbocycles. The fourth-order valence-corrected chi connectivity index (χ4v) is 2.26. The van der Waals surface area contributed by atoms with Crippen molar-refractivity contribution >= 4 is 6.09 Å². The summed E-state index contributed by atoms with van der Waals surface area (Å²) in [6, 6.07) is 7.28. The van der Waals surface area contributed by atoms with Gasteiger partial charge >= 0.3 is 6.09 Å². The Labute approximate surface area is 139 Å². The fourth-order valence-electron chi connectivity index (χ4n) is 2.26. The summed E-state index contributed by atoms with van der Waals surface area (Å²) in [4.78, 5) is 11.9. The highest BCUT2D eigenvalue weighted by Crippen LogP contribution is 2.22. The lowest BCUT2D eigenvalue weighted by Gasteiger charge is -2.26. The van der Waals surface area contributed by atoms with Crippen molar-refractivity contribution in [2.24, 2.45) is 5.73 Å². The number of carbonyl (C=O) groups is 1. The predicted molar refractivity (Wildman–Crippen MR) is 92.3 cm³/mol. The van der Waals surface area contributed by atoms with Crippen LogP contribution in [0.2, 0.25) is 0 Å². The second kappa shape index (κ2) is 8.31. The third-order valence-corrected chi connectivity index (χ3v) is 3.51. The molecular weight excluding hydrogens is 292 g/mol. The number of benzene rings is 1. The van der Waals surface area contributed by atoms with Gasteiger partial charge in [0.05, 0.1) is 12.1 Å². The lowest BCUT2D eigenvalue weighted by Crippen LogP contribution is -2.43. The first-order valence-corrected chi connectivity index (χ1v) is 8.11. The van der Waals surface area contributed by atoms with Crippen LogP contribution in [0.1, 0.15) is 64.2 Å². The molecule has 0 fully saturated rings. The Morgan fingerprint density at radius 2 is 1.74 bits per heavy atom. The minimum Gasteiger partial charge on any atom is -0.444 e. The molecule has 130 valence electrons. The Hall–Kier alpha value is -1.59. The molecule has 23 heavy (non-hydrogen) atoms. The molecule has 4 N–H and O–H groups in total. The van der Waals surface area contributed by atoms with Gasteiger partial charge in [0.25, 0.3) is 0 Å². The van der Waals surface area contributed by atoms with Gasteiger partial charge in [-0.3, -0.25) is 0 Å². The van der Waals surface area contributed by atoms with Crippen molar-refractivity contribution in [3.63, 3.8) is 0 Å². The molecule has 0 aromatic heterocycles. The van der Waals surface area contributed by atoms with Gasteiger partial charge in [0.15, 0.2) is 0 Å². The number of amides is 1. The molecule has 2 atom stereocenters. The first-order valence-electron chi connectivity index (χ1n) is 8.11. The van der Waals surface area contributed by atoms with Gasteiger partial charge in [0, 0.05) is 0 Å². The van der Waals surface area contributed by atoms with Crippen molar-refractivity contribution in [1.82, 2.24) is 5.32 Å². The van der Waals surface area contributed by atoms with Gasteiger partial charge in [-0.25, -0.2) is 4.79 Å². The van der Waals surface area contributed by atoms with Crippen molar-refractivity contribution < 1.29 is 14.6 Å². The Balaban J connectivity index is 2.81. The second-order valence-electron chi connectivity index (χ2n) is 7.10. The first kappa shape index (κ1) is 19.5. The summed E-state index contributed by atoms with van der Waals surface area (Å²) in [6.07, 6.45) is -0.909. The molecular formula is C18H30N2O3. The second-order valence-corrected chi connectivity index (χ2v) is 7.10. The maximum Gasteiger partial charge on any atom is 0.407 e. The van der Waals surface area contributed by atoms with Crippen LogP contribution < -0.4 is 11.1 Å². The highest BCUT2D eigenvalue weighted by molar-refractivity contribution is 5.68. The van der Waals surface area contributed by atoms with Gasteiger partial charge in [0.2, 0.25) is 0 Å². The van der Waals surface area contributed by atoms with Crippen molar-refractivity contribution in [1.29, 1.82) is 0 Å². The number of nitrogens with two attached hydrogens (primary N) is 1. The lowest BCUT2D eigenvalue weighted by atomic mass is 9.96. The summed E-state index contributed by atoms with van der Waals surface area (Å²) in [6.45, 7) is 9.99. The molecule has 0 radical (unpaired) electrons. The van der Waals surface area contributed by atoms with E-state index in [1.165, 1.54) is 5.56 Å². The lowest BCUT2D eigenvalue weighted by molar-refractivity contribution is 0.0415. The Morgan fingerprint density at radius 1 is 1.22 bits per heavy atom. The molecule has 0 aliphatic carbocycles. The van der Waals surface area contributed by atoms with Gasteiger partial charge < -0.3 is 20.9 Å². The summed E-state index contributed by atoms with van der Waals surface area (Å²) in [5.41, 5.74) is 6.99. The van der Waals surface area contributed by atoms with E-state index in [1.54, 1.807) is 20.8 Å². The Kier molecular flexibility index (Phi) is 7.03. The summed E-state index contributed by atoms with van der Waals surface area (Å²) in [5, 5.41) is 13.3. The van der Waals surface area contributed by atoms with Crippen molar-refractivity contribution in [2.75, 3.05) is 6.54 Å². The first-order chi connectivity index (χ1) is 10.6. The quantitative estimate of drug-likeness (QED) is 0.751. The largest absolute Gasteiger partial charge is 0.444 e. The van der Waals surface area contributed by atoms with Gasteiger partial charge in [0.1, 0.15) is 5.60 Å². The van der Waals surface area contributed by atoms with Crippen LogP contribution in [0.15, 0.2) is 24.3 Å². The molecule has 0 aliphatic rings. The number of ether oxygens (including phenoxy) is 1. The molecule has 1 amide bonds. The van der Waals surface area contributed by atoms with E-state index in [9.17, 15) is 9.90 Å². The van der Waals surface area contributed by atoms with E-state index in [-0.39, 0.29) is 0 Å². The Morgan fingerprint density at radius 3 is 2.17 bits per heavy atom. The standard InChI is InChI=1S/C18H30N2O3/c1-12(2)13-6-8-14(9-7-13)16(21)15(10-11-19)20-17(22)23-18(3,4)5/h6-9,12,15-16,21H,10-11,19H2,1-5H3,(H,20,22). The van der Waals surface area contributed by atoms with Gasteiger partial charge in [-0.1, -0.05) is 38.1 Å². The SMILES string of the molecule is CC(C)c1ccc(C(O)C(CCN)NC(=O)OC(C)(C)C)cc1. The Bertz CT molecular complexity index is 492. The smallest absolute Gasteiger partial charge is 0.407 e. The monoisotopic (exact) mass is 322 g/mol. The third kappa shape index (κ3) is 6.59. The molecule has 0 saturated carbocycles. The average molecular weight is 322 g/mol. The van der Waals surface area contributed by atoms with Crippen LogP contribution in [-0.4, -0.2) is 29.4 Å². The van der Waals surface area contributed by atoms with Crippen LogP contribution in [-0.2, 0) is 4.74 Å². The third-order valence-electron chi connectivity index (χ3n) is 3.51. The van der Waals surface area contributed by atoms with Crippen LogP contribution in [0.4, 0.5) is 4.79 Å². The number of nitrogens with one attached hydrogen (secondary N) is 1. The summed E-state index contributed by atoms with van der Waals surface area (Å²) in [7, 11) is 0. The number of aliphatic hydroxyl groups excluding tert-OH is 1. The van der Waals surface area contributed by atoms with Crippen LogP contribution >= 0.6 is 0 Å². The molecule has 1 aromatic rings. The number of hydrogen-bond acceptors (Lipinski definition) is 4. The number of rotatable bonds is 6. The summed E-state index contributed by atoms with van der Waals surface area (Å²) < 4.78 is 5.25. The van der Waals surface area contributed by atoms with Crippen LogP contribution in [0, 0.1) is 0 Å². The number of hydrogen-bond donors (Lipinski definition) is 3. The van der Waals surface area contributed by atoms with Gasteiger partial charge in [-0.05, 0) is 50.8 Å². The normalized spacial score (nSPS) is 14.4. The maximum atomic E-state index is 11.9. The van der Waals surface area contributed by atoms with Crippen molar-refractivity contribution in [3.8, 4) is 0 Å². The minimum absolute atomic E-state index is 0.363. The molecule has 1 rings (SSSR count). The van der Waals surface area contributed by atoms with Crippen molar-refractivity contribution in [3.05, 3.63) is 35.4 Å². The predicted octanol–water partition coefficient (Wildman–Crippen LogP) is 3.09. The van der Waals surface area contributed by atoms with E-state index < -0.39 is 23.8 Å². The molecule has 0 heterocycles. The number of alkyl carbamates (subject to hydrolysis) is 1. The van der Waals surface area contributed by atoms with E-state index in [2.05, 4.69) is 19.2 Å². The van der Waals surface area contributed by atoms with Crippen LogP contribution in [0.5, 0.6) is 0 Å². The molecule has 0 saturated heterocycles. The zero-order valence-corrected chi connectivity index (χ0v) is 14.8. The molecule has 0 spiro atoms.